The second-order valence-corrected chi connectivity index (χ2v) is 9.69. The number of hydrogen-bond donors (Lipinski definition) is 0. The van der Waals surface area contributed by atoms with Gasteiger partial charge < -0.3 is 9.47 Å². The van der Waals surface area contributed by atoms with Crippen LogP contribution in [0.15, 0.2) is 0 Å². The van der Waals surface area contributed by atoms with E-state index in [9.17, 15) is 9.59 Å². The Morgan fingerprint density at radius 2 is 1.00 bits per heavy atom. The van der Waals surface area contributed by atoms with Gasteiger partial charge in [-0.1, -0.05) is 117 Å². The lowest BCUT2D eigenvalue weighted by Gasteiger charge is -2.15. The highest BCUT2D eigenvalue weighted by molar-refractivity contribution is 5.70. The standard InChI is InChI=1S/C29H56O4/c1-4-7-9-10-11-12-13-14-15-16-17-18-19-22-26-32-28(30)24-20-21-25-29(31)33-27(6-3)23-8-5-2/h27H,4-26H2,1-3H3. The quantitative estimate of drug-likeness (QED) is 0.0990. The summed E-state index contributed by atoms with van der Waals surface area (Å²) in [7, 11) is 0. The fourth-order valence-electron chi connectivity index (χ4n) is 4.12. The molecule has 0 spiro atoms. The second kappa shape index (κ2) is 25.6. The van der Waals surface area contributed by atoms with Gasteiger partial charge in [-0.25, -0.2) is 0 Å². The van der Waals surface area contributed by atoms with Crippen molar-refractivity contribution in [2.24, 2.45) is 0 Å². The third-order valence-electron chi connectivity index (χ3n) is 6.41. The predicted octanol–water partition coefficient (Wildman–Crippen LogP) is 9.08. The zero-order valence-corrected chi connectivity index (χ0v) is 22.5. The molecular weight excluding hydrogens is 412 g/mol. The fourth-order valence-corrected chi connectivity index (χ4v) is 4.12. The van der Waals surface area contributed by atoms with Gasteiger partial charge in [0.05, 0.1) is 6.61 Å². The summed E-state index contributed by atoms with van der Waals surface area (Å²) in [6.07, 6.45) is 24.8. The van der Waals surface area contributed by atoms with Crippen molar-refractivity contribution in [3.63, 3.8) is 0 Å². The van der Waals surface area contributed by atoms with Crippen molar-refractivity contribution in [1.82, 2.24) is 0 Å². The van der Waals surface area contributed by atoms with E-state index in [4.69, 9.17) is 9.47 Å². The van der Waals surface area contributed by atoms with E-state index >= 15 is 0 Å². The molecule has 33 heavy (non-hydrogen) atoms. The van der Waals surface area contributed by atoms with Gasteiger partial charge in [0.2, 0.25) is 0 Å². The SMILES string of the molecule is CCCCCCCCCCCCCCCCOC(=O)CCCCC(=O)OC(CC)CCCC. The van der Waals surface area contributed by atoms with Crippen LogP contribution in [0.25, 0.3) is 0 Å². The van der Waals surface area contributed by atoms with Gasteiger partial charge in [0.25, 0.3) is 0 Å². The van der Waals surface area contributed by atoms with Gasteiger partial charge in [-0.15, -0.1) is 0 Å². The summed E-state index contributed by atoms with van der Waals surface area (Å²) in [5.74, 6) is -0.263. The largest absolute Gasteiger partial charge is 0.466 e. The first-order valence-electron chi connectivity index (χ1n) is 14.5. The molecule has 0 saturated carbocycles. The lowest BCUT2D eigenvalue weighted by molar-refractivity contribution is -0.150. The van der Waals surface area contributed by atoms with Gasteiger partial charge in [-0.05, 0) is 32.1 Å². The monoisotopic (exact) mass is 468 g/mol. The lowest BCUT2D eigenvalue weighted by Crippen LogP contribution is -2.17. The van der Waals surface area contributed by atoms with E-state index in [-0.39, 0.29) is 18.0 Å². The van der Waals surface area contributed by atoms with E-state index in [1.54, 1.807) is 0 Å². The molecule has 0 bridgehead atoms. The predicted molar refractivity (Wildman–Crippen MR) is 139 cm³/mol. The molecule has 0 aromatic heterocycles. The first kappa shape index (κ1) is 31.9. The Bertz CT molecular complexity index is 435. The van der Waals surface area contributed by atoms with Gasteiger partial charge in [-0.2, -0.15) is 0 Å². The molecular formula is C29H56O4. The molecule has 0 N–H and O–H groups in total. The smallest absolute Gasteiger partial charge is 0.306 e. The van der Waals surface area contributed by atoms with Crippen LogP contribution >= 0.6 is 0 Å². The molecule has 0 heterocycles. The van der Waals surface area contributed by atoms with Crippen LogP contribution in [-0.2, 0) is 19.1 Å². The topological polar surface area (TPSA) is 52.6 Å². The van der Waals surface area contributed by atoms with Gasteiger partial charge in [-0.3, -0.25) is 9.59 Å². The molecule has 4 heteroatoms. The summed E-state index contributed by atoms with van der Waals surface area (Å²) >= 11 is 0. The first-order chi connectivity index (χ1) is 16.1. The number of rotatable bonds is 25. The van der Waals surface area contributed by atoms with Crippen LogP contribution < -0.4 is 0 Å². The zero-order valence-electron chi connectivity index (χ0n) is 22.5. The van der Waals surface area contributed by atoms with Crippen LogP contribution in [0.5, 0.6) is 0 Å². The van der Waals surface area contributed by atoms with E-state index in [0.29, 0.717) is 32.3 Å². The van der Waals surface area contributed by atoms with Crippen molar-refractivity contribution in [3.8, 4) is 0 Å². The minimum Gasteiger partial charge on any atom is -0.466 e. The highest BCUT2D eigenvalue weighted by Gasteiger charge is 2.12. The summed E-state index contributed by atoms with van der Waals surface area (Å²) in [6, 6.07) is 0. The maximum absolute atomic E-state index is 11.9. The van der Waals surface area contributed by atoms with Crippen molar-refractivity contribution in [1.29, 1.82) is 0 Å². The van der Waals surface area contributed by atoms with Crippen LogP contribution in [0.3, 0.4) is 0 Å². The summed E-state index contributed by atoms with van der Waals surface area (Å²) in [5, 5.41) is 0. The molecule has 1 unspecified atom stereocenters. The Labute approximate surface area is 206 Å². The van der Waals surface area contributed by atoms with Crippen molar-refractivity contribution in [3.05, 3.63) is 0 Å². The molecule has 4 nitrogen and oxygen atoms in total. The zero-order chi connectivity index (χ0) is 24.4. The minimum atomic E-state index is -0.132. The molecule has 0 aliphatic rings. The van der Waals surface area contributed by atoms with Crippen LogP contribution in [0, 0.1) is 0 Å². The number of carbonyl (C=O) groups is 2. The van der Waals surface area contributed by atoms with Gasteiger partial charge >= 0.3 is 11.9 Å². The average molecular weight is 469 g/mol. The average Bonchev–Trinajstić information content (AvgIpc) is 2.81. The van der Waals surface area contributed by atoms with Crippen LogP contribution in [0.4, 0.5) is 0 Å². The molecule has 0 aromatic carbocycles. The third-order valence-corrected chi connectivity index (χ3v) is 6.41. The fraction of sp³-hybridized carbons (Fsp3) is 0.931. The number of hydrogen-bond acceptors (Lipinski definition) is 4. The van der Waals surface area contributed by atoms with Crippen LogP contribution in [0.1, 0.15) is 162 Å². The Balaban J connectivity index is 3.37. The molecule has 1 atom stereocenters. The molecule has 0 aliphatic carbocycles. The minimum absolute atomic E-state index is 0.0486. The van der Waals surface area contributed by atoms with E-state index in [1.165, 1.54) is 77.0 Å². The van der Waals surface area contributed by atoms with E-state index in [2.05, 4.69) is 20.8 Å². The second-order valence-electron chi connectivity index (χ2n) is 9.69. The van der Waals surface area contributed by atoms with Crippen molar-refractivity contribution >= 4 is 11.9 Å². The number of carbonyl (C=O) groups excluding carboxylic acids is 2. The lowest BCUT2D eigenvalue weighted by atomic mass is 10.0. The maximum Gasteiger partial charge on any atom is 0.306 e. The molecule has 0 radical (unpaired) electrons. The van der Waals surface area contributed by atoms with Gasteiger partial charge in [0.1, 0.15) is 6.10 Å². The van der Waals surface area contributed by atoms with E-state index in [1.807, 2.05) is 0 Å². The van der Waals surface area contributed by atoms with Crippen LogP contribution in [0.2, 0.25) is 0 Å². The Kier molecular flexibility index (Phi) is 24.7. The summed E-state index contributed by atoms with van der Waals surface area (Å²) < 4.78 is 10.8. The molecule has 0 fully saturated rings. The van der Waals surface area contributed by atoms with E-state index < -0.39 is 0 Å². The van der Waals surface area contributed by atoms with Crippen LogP contribution in [-0.4, -0.2) is 24.6 Å². The van der Waals surface area contributed by atoms with Crippen molar-refractivity contribution in [2.45, 2.75) is 168 Å². The molecule has 0 aromatic rings. The Hall–Kier alpha value is -1.06. The highest BCUT2D eigenvalue weighted by Crippen LogP contribution is 2.14. The van der Waals surface area contributed by atoms with Gasteiger partial charge in [0.15, 0.2) is 0 Å². The van der Waals surface area contributed by atoms with Gasteiger partial charge in [0, 0.05) is 12.8 Å². The number of esters is 2. The summed E-state index contributed by atoms with van der Waals surface area (Å²) in [5.41, 5.74) is 0. The van der Waals surface area contributed by atoms with Crippen molar-refractivity contribution < 1.29 is 19.1 Å². The van der Waals surface area contributed by atoms with E-state index in [0.717, 1.165) is 38.5 Å². The number of ether oxygens (including phenoxy) is 2. The summed E-state index contributed by atoms with van der Waals surface area (Å²) in [6.45, 7) is 7.01. The maximum atomic E-state index is 11.9. The molecule has 196 valence electrons. The third kappa shape index (κ3) is 23.9. The Morgan fingerprint density at radius 1 is 0.545 bits per heavy atom. The first-order valence-corrected chi connectivity index (χ1v) is 14.5. The number of unbranched alkanes of at least 4 members (excludes halogenated alkanes) is 15. The molecule has 0 amide bonds. The van der Waals surface area contributed by atoms with Crippen molar-refractivity contribution in [2.75, 3.05) is 6.61 Å². The normalized spacial score (nSPS) is 12.0. The Morgan fingerprint density at radius 3 is 1.48 bits per heavy atom. The molecule has 0 aliphatic heterocycles. The molecule has 0 rings (SSSR count). The highest BCUT2D eigenvalue weighted by atomic mass is 16.5. The molecule has 0 saturated heterocycles. The summed E-state index contributed by atoms with van der Waals surface area (Å²) in [4.78, 5) is 23.7.